The average molecular weight is 536 g/mol. The molecular formula is C23H23Cl2N5O4S. The van der Waals surface area contributed by atoms with E-state index in [1.54, 1.807) is 43.3 Å². The standard InChI is InChI=1S/C23H23Cl2N5O4S/c1-3-30-19(12-26-21(32)17-9-8-15(24)11-18(17)25)28-29-23(30)35-13-20(31)27-16-7-5-6-14(10-16)22(33)34-4-2/h5-11H,3-4,12-13H2,1-2H3,(H,26,32)(H,27,31). The minimum Gasteiger partial charge on any atom is -0.462 e. The van der Waals surface area contributed by atoms with Crippen LogP contribution in [0.25, 0.3) is 0 Å². The number of hydrogen-bond donors (Lipinski definition) is 2. The summed E-state index contributed by atoms with van der Waals surface area (Å²) >= 11 is 13.2. The molecular weight excluding hydrogens is 513 g/mol. The summed E-state index contributed by atoms with van der Waals surface area (Å²) < 4.78 is 6.79. The summed E-state index contributed by atoms with van der Waals surface area (Å²) in [5, 5.41) is 15.0. The normalized spacial score (nSPS) is 10.6. The highest BCUT2D eigenvalue weighted by Crippen LogP contribution is 2.22. The van der Waals surface area contributed by atoms with Crippen molar-refractivity contribution in [2.24, 2.45) is 0 Å². The molecule has 2 amide bonds. The highest BCUT2D eigenvalue weighted by Gasteiger charge is 2.16. The first-order valence-electron chi connectivity index (χ1n) is 10.7. The zero-order valence-corrected chi connectivity index (χ0v) is 21.3. The number of hydrogen-bond acceptors (Lipinski definition) is 7. The number of aromatic nitrogens is 3. The van der Waals surface area contributed by atoms with Gasteiger partial charge >= 0.3 is 5.97 Å². The Morgan fingerprint density at radius 1 is 1.09 bits per heavy atom. The van der Waals surface area contributed by atoms with Crippen molar-refractivity contribution in [2.45, 2.75) is 32.1 Å². The number of thioether (sulfide) groups is 1. The Morgan fingerprint density at radius 2 is 1.89 bits per heavy atom. The maximum atomic E-state index is 12.5. The molecule has 0 aliphatic rings. The van der Waals surface area contributed by atoms with E-state index in [2.05, 4.69) is 20.8 Å². The highest BCUT2D eigenvalue weighted by molar-refractivity contribution is 7.99. The molecule has 1 aromatic heterocycles. The first-order chi connectivity index (χ1) is 16.8. The molecule has 0 fully saturated rings. The molecule has 0 aliphatic carbocycles. The summed E-state index contributed by atoms with van der Waals surface area (Å²) in [6.45, 7) is 4.59. The van der Waals surface area contributed by atoms with Gasteiger partial charge in [0.1, 0.15) is 0 Å². The van der Waals surface area contributed by atoms with Gasteiger partial charge in [0.25, 0.3) is 5.91 Å². The number of ether oxygens (including phenoxy) is 1. The Kier molecular flexibility index (Phi) is 9.53. The van der Waals surface area contributed by atoms with E-state index in [1.807, 2.05) is 11.5 Å². The molecule has 3 rings (SSSR count). The van der Waals surface area contributed by atoms with Crippen molar-refractivity contribution >= 4 is 58.4 Å². The first-order valence-corrected chi connectivity index (χ1v) is 12.4. The fraction of sp³-hybridized carbons (Fsp3) is 0.261. The van der Waals surface area contributed by atoms with Gasteiger partial charge in [-0.1, -0.05) is 41.0 Å². The van der Waals surface area contributed by atoms with Crippen molar-refractivity contribution in [1.29, 1.82) is 0 Å². The van der Waals surface area contributed by atoms with Crippen LogP contribution in [0.4, 0.5) is 5.69 Å². The van der Waals surface area contributed by atoms with Gasteiger partial charge in [0.2, 0.25) is 5.91 Å². The quantitative estimate of drug-likeness (QED) is 0.291. The van der Waals surface area contributed by atoms with Gasteiger partial charge in [0.05, 0.1) is 35.1 Å². The van der Waals surface area contributed by atoms with E-state index in [0.29, 0.717) is 39.4 Å². The van der Waals surface area contributed by atoms with E-state index < -0.39 is 5.97 Å². The van der Waals surface area contributed by atoms with Gasteiger partial charge < -0.3 is 19.9 Å². The topological polar surface area (TPSA) is 115 Å². The fourth-order valence-corrected chi connectivity index (χ4v) is 4.38. The number of rotatable bonds is 10. The van der Waals surface area contributed by atoms with Crippen molar-refractivity contribution in [3.63, 3.8) is 0 Å². The summed E-state index contributed by atoms with van der Waals surface area (Å²) in [7, 11) is 0. The number of nitrogens with one attached hydrogen (secondary N) is 2. The van der Waals surface area contributed by atoms with Crippen molar-refractivity contribution in [1.82, 2.24) is 20.1 Å². The molecule has 0 saturated carbocycles. The molecule has 0 unspecified atom stereocenters. The van der Waals surface area contributed by atoms with Crippen molar-refractivity contribution in [3.8, 4) is 0 Å². The van der Waals surface area contributed by atoms with Crippen LogP contribution in [0.1, 0.15) is 40.4 Å². The fourth-order valence-electron chi connectivity index (χ4n) is 3.07. The Labute approximate surface area is 216 Å². The van der Waals surface area contributed by atoms with Gasteiger partial charge in [-0.05, 0) is 50.2 Å². The number of anilines is 1. The zero-order valence-electron chi connectivity index (χ0n) is 19.0. The first kappa shape index (κ1) is 26.5. The van der Waals surface area contributed by atoms with Crippen LogP contribution in [0.2, 0.25) is 10.0 Å². The summed E-state index contributed by atoms with van der Waals surface area (Å²) in [6.07, 6.45) is 0. The van der Waals surface area contributed by atoms with E-state index in [4.69, 9.17) is 27.9 Å². The third-order valence-electron chi connectivity index (χ3n) is 4.68. The van der Waals surface area contributed by atoms with Crippen LogP contribution in [0.15, 0.2) is 47.6 Å². The lowest BCUT2D eigenvalue weighted by Gasteiger charge is -2.10. The molecule has 0 saturated heterocycles. The van der Waals surface area contributed by atoms with Gasteiger partial charge in [0.15, 0.2) is 11.0 Å². The maximum absolute atomic E-state index is 12.5. The Morgan fingerprint density at radius 3 is 2.60 bits per heavy atom. The summed E-state index contributed by atoms with van der Waals surface area (Å²) in [5.41, 5.74) is 1.15. The van der Waals surface area contributed by atoms with E-state index >= 15 is 0 Å². The second-order valence-electron chi connectivity index (χ2n) is 7.09. The van der Waals surface area contributed by atoms with Gasteiger partial charge in [-0.2, -0.15) is 0 Å². The van der Waals surface area contributed by atoms with E-state index in [0.717, 1.165) is 0 Å². The lowest BCUT2D eigenvalue weighted by Crippen LogP contribution is -2.25. The molecule has 35 heavy (non-hydrogen) atoms. The Hall–Kier alpha value is -3.08. The third-order valence-corrected chi connectivity index (χ3v) is 6.20. The largest absolute Gasteiger partial charge is 0.462 e. The molecule has 0 spiro atoms. The molecule has 184 valence electrons. The summed E-state index contributed by atoms with van der Waals surface area (Å²) in [6, 6.07) is 11.2. The molecule has 0 aliphatic heterocycles. The van der Waals surface area contributed by atoms with Crippen molar-refractivity contribution < 1.29 is 19.1 Å². The van der Waals surface area contributed by atoms with Gasteiger partial charge in [-0.15, -0.1) is 10.2 Å². The van der Waals surface area contributed by atoms with Crippen LogP contribution >= 0.6 is 35.0 Å². The smallest absolute Gasteiger partial charge is 0.338 e. The van der Waals surface area contributed by atoms with Gasteiger partial charge in [-0.3, -0.25) is 9.59 Å². The van der Waals surface area contributed by atoms with Gasteiger partial charge in [0, 0.05) is 17.3 Å². The van der Waals surface area contributed by atoms with Crippen LogP contribution in [-0.4, -0.2) is 44.9 Å². The average Bonchev–Trinajstić information content (AvgIpc) is 3.23. The second kappa shape index (κ2) is 12.6. The number of amides is 2. The number of carbonyl (C=O) groups excluding carboxylic acids is 3. The van der Waals surface area contributed by atoms with Crippen molar-refractivity contribution in [3.05, 3.63) is 69.5 Å². The Balaban J connectivity index is 1.57. The predicted octanol–water partition coefficient (Wildman–Crippen LogP) is 4.44. The monoisotopic (exact) mass is 535 g/mol. The SMILES string of the molecule is CCOC(=O)c1cccc(NC(=O)CSc2nnc(CNC(=O)c3ccc(Cl)cc3Cl)n2CC)c1. The highest BCUT2D eigenvalue weighted by atomic mass is 35.5. The minimum atomic E-state index is -0.452. The van der Waals surface area contributed by atoms with Crippen LogP contribution in [-0.2, 0) is 22.6 Å². The number of carbonyl (C=O) groups is 3. The molecule has 9 nitrogen and oxygen atoms in total. The molecule has 1 heterocycles. The zero-order chi connectivity index (χ0) is 25.4. The summed E-state index contributed by atoms with van der Waals surface area (Å²) in [4.78, 5) is 36.8. The van der Waals surface area contributed by atoms with Crippen LogP contribution in [0, 0.1) is 0 Å². The number of benzene rings is 2. The number of nitrogens with zero attached hydrogens (tertiary/aromatic N) is 3. The molecule has 0 bridgehead atoms. The van der Waals surface area contributed by atoms with E-state index in [-0.39, 0.29) is 35.7 Å². The maximum Gasteiger partial charge on any atom is 0.338 e. The van der Waals surface area contributed by atoms with E-state index in [1.165, 1.54) is 17.8 Å². The van der Waals surface area contributed by atoms with Crippen molar-refractivity contribution in [2.75, 3.05) is 17.7 Å². The minimum absolute atomic E-state index is 0.0779. The molecule has 0 atom stereocenters. The molecule has 2 aromatic carbocycles. The second-order valence-corrected chi connectivity index (χ2v) is 8.87. The lowest BCUT2D eigenvalue weighted by molar-refractivity contribution is -0.113. The third kappa shape index (κ3) is 7.20. The number of halogens is 2. The predicted molar refractivity (Wildman–Crippen MR) is 135 cm³/mol. The van der Waals surface area contributed by atoms with Crippen LogP contribution in [0.5, 0.6) is 0 Å². The molecule has 2 N–H and O–H groups in total. The lowest BCUT2D eigenvalue weighted by atomic mass is 10.2. The molecule has 0 radical (unpaired) electrons. The Bertz CT molecular complexity index is 1230. The molecule has 3 aromatic rings. The van der Waals surface area contributed by atoms with Gasteiger partial charge in [-0.25, -0.2) is 4.79 Å². The summed E-state index contributed by atoms with van der Waals surface area (Å²) in [5.74, 6) is -0.470. The number of esters is 1. The van der Waals surface area contributed by atoms with Crippen LogP contribution in [0.3, 0.4) is 0 Å². The van der Waals surface area contributed by atoms with Crippen LogP contribution < -0.4 is 10.6 Å². The van der Waals surface area contributed by atoms with E-state index in [9.17, 15) is 14.4 Å². The molecule has 12 heteroatoms.